The Hall–Kier alpha value is -3.18. The summed E-state index contributed by atoms with van der Waals surface area (Å²) in [6, 6.07) is 24.6. The highest BCUT2D eigenvalue weighted by Gasteiger charge is 2.33. The molecule has 1 amide bonds. The predicted molar refractivity (Wildman–Crippen MR) is 131 cm³/mol. The van der Waals surface area contributed by atoms with Gasteiger partial charge in [-0.1, -0.05) is 54.1 Å². The van der Waals surface area contributed by atoms with Gasteiger partial charge in [0.25, 0.3) is 0 Å². The molecule has 34 heavy (non-hydrogen) atoms. The molecule has 1 unspecified atom stereocenters. The van der Waals surface area contributed by atoms with Crippen LogP contribution >= 0.6 is 11.6 Å². The average Bonchev–Trinajstić information content (AvgIpc) is 2.88. The highest BCUT2D eigenvalue weighted by atomic mass is 35.5. The van der Waals surface area contributed by atoms with Crippen molar-refractivity contribution in [3.63, 3.8) is 0 Å². The molecule has 174 valence electrons. The second kappa shape index (κ2) is 10.4. The summed E-state index contributed by atoms with van der Waals surface area (Å²) in [5, 5.41) is 12.7. The van der Waals surface area contributed by atoms with E-state index in [1.165, 1.54) is 28.6 Å². The number of carbonyl (C=O) groups excluding carboxylic acids is 1. The zero-order chi connectivity index (χ0) is 24.1. The second-order valence-electron chi connectivity index (χ2n) is 8.22. The summed E-state index contributed by atoms with van der Waals surface area (Å²) in [6.07, 6.45) is 0.868. The lowest BCUT2D eigenvalue weighted by molar-refractivity contribution is -0.126. The molecular weight excluding hydrogens is 470 g/mol. The molecule has 1 fully saturated rings. The van der Waals surface area contributed by atoms with E-state index in [-0.39, 0.29) is 35.9 Å². The molecule has 3 aromatic rings. The number of piperidine rings is 1. The molecule has 1 atom stereocenters. The molecule has 1 heterocycles. The minimum absolute atomic E-state index is 0.0979. The van der Waals surface area contributed by atoms with Crippen molar-refractivity contribution in [1.29, 1.82) is 5.26 Å². The number of nitrogens with one attached hydrogen (secondary N) is 1. The third-order valence-electron chi connectivity index (χ3n) is 6.07. The summed E-state index contributed by atoms with van der Waals surface area (Å²) in [5.41, 5.74) is 2.28. The van der Waals surface area contributed by atoms with Gasteiger partial charge in [0, 0.05) is 24.0 Å². The average molecular weight is 494 g/mol. The van der Waals surface area contributed by atoms with Crippen molar-refractivity contribution in [2.24, 2.45) is 5.92 Å². The highest BCUT2D eigenvalue weighted by molar-refractivity contribution is 7.89. The lowest BCUT2D eigenvalue weighted by Gasteiger charge is -2.31. The third-order valence-corrected chi connectivity index (χ3v) is 8.23. The molecule has 0 radical (unpaired) electrons. The van der Waals surface area contributed by atoms with Gasteiger partial charge in [-0.2, -0.15) is 9.57 Å². The Morgan fingerprint density at radius 3 is 2.12 bits per heavy atom. The molecule has 1 aliphatic heterocycles. The lowest BCUT2D eigenvalue weighted by Crippen LogP contribution is -2.43. The molecule has 0 bridgehead atoms. The van der Waals surface area contributed by atoms with Crippen molar-refractivity contribution in [3.05, 3.63) is 101 Å². The molecule has 3 aromatic carbocycles. The minimum Gasteiger partial charge on any atom is -0.345 e. The first kappa shape index (κ1) is 24.0. The quantitative estimate of drug-likeness (QED) is 0.546. The maximum absolute atomic E-state index is 13.2. The van der Waals surface area contributed by atoms with Crippen LogP contribution in [0.5, 0.6) is 0 Å². The Balaban J connectivity index is 1.44. The molecule has 0 saturated carbocycles. The van der Waals surface area contributed by atoms with Gasteiger partial charge >= 0.3 is 0 Å². The van der Waals surface area contributed by atoms with E-state index in [2.05, 4.69) is 5.32 Å². The Labute approximate surface area is 204 Å². The molecule has 0 aromatic heterocycles. The Morgan fingerprint density at radius 2 is 1.53 bits per heavy atom. The number of nitrogens with zero attached hydrogens (tertiary/aromatic N) is 2. The van der Waals surface area contributed by atoms with E-state index in [4.69, 9.17) is 16.9 Å². The molecule has 0 spiro atoms. The highest BCUT2D eigenvalue weighted by Crippen LogP contribution is 2.27. The molecule has 8 heteroatoms. The molecule has 0 aliphatic carbocycles. The van der Waals surface area contributed by atoms with E-state index in [1.807, 2.05) is 48.5 Å². The topological polar surface area (TPSA) is 90.3 Å². The van der Waals surface area contributed by atoms with Crippen molar-refractivity contribution in [3.8, 4) is 6.07 Å². The fraction of sp³-hybridized carbons (Fsp3) is 0.231. The Kier molecular flexibility index (Phi) is 7.32. The number of carbonyl (C=O) groups is 1. The van der Waals surface area contributed by atoms with Gasteiger partial charge in [-0.3, -0.25) is 4.79 Å². The molecular formula is C26H24ClN3O3S. The normalized spacial score (nSPS) is 15.9. The second-order valence-corrected chi connectivity index (χ2v) is 10.6. The van der Waals surface area contributed by atoms with Crippen LogP contribution in [0.15, 0.2) is 83.8 Å². The van der Waals surface area contributed by atoms with Crippen molar-refractivity contribution in [2.75, 3.05) is 13.1 Å². The summed E-state index contributed by atoms with van der Waals surface area (Å²) in [4.78, 5) is 13.3. The van der Waals surface area contributed by atoms with Gasteiger partial charge < -0.3 is 5.32 Å². The van der Waals surface area contributed by atoms with Crippen LogP contribution in [-0.4, -0.2) is 31.7 Å². The van der Waals surface area contributed by atoms with Crippen LogP contribution in [-0.2, 0) is 14.8 Å². The minimum atomic E-state index is -3.67. The number of sulfonamides is 1. The standard InChI is InChI=1S/C26H24ClN3O3S/c27-23-10-8-21(9-11-23)25(20-4-2-1-3-5-20)29-26(31)22-14-16-30(17-15-22)34(32,33)24-12-6-19(18-28)7-13-24/h1-13,22,25H,14-17H2,(H,29,31). The van der Waals surface area contributed by atoms with Crippen LogP contribution in [0, 0.1) is 17.2 Å². The van der Waals surface area contributed by atoms with Gasteiger partial charge in [-0.25, -0.2) is 8.42 Å². The summed E-state index contributed by atoms with van der Waals surface area (Å²) in [6.45, 7) is 0.523. The van der Waals surface area contributed by atoms with Gasteiger partial charge in [0.05, 0.1) is 22.6 Å². The largest absolute Gasteiger partial charge is 0.345 e. The van der Waals surface area contributed by atoms with Gasteiger partial charge in [0.1, 0.15) is 0 Å². The van der Waals surface area contributed by atoms with Crippen LogP contribution in [0.3, 0.4) is 0 Å². The zero-order valence-electron chi connectivity index (χ0n) is 18.4. The first-order chi connectivity index (χ1) is 16.4. The smallest absolute Gasteiger partial charge is 0.243 e. The van der Waals surface area contributed by atoms with Crippen molar-refractivity contribution in [2.45, 2.75) is 23.8 Å². The molecule has 4 rings (SSSR count). The fourth-order valence-corrected chi connectivity index (χ4v) is 5.72. The molecule has 6 nitrogen and oxygen atoms in total. The molecule has 1 aliphatic rings. The van der Waals surface area contributed by atoms with Crippen molar-refractivity contribution < 1.29 is 13.2 Å². The number of hydrogen-bond donors (Lipinski definition) is 1. The van der Waals surface area contributed by atoms with Crippen LogP contribution in [0.25, 0.3) is 0 Å². The van der Waals surface area contributed by atoms with E-state index >= 15 is 0 Å². The number of hydrogen-bond acceptors (Lipinski definition) is 4. The maximum atomic E-state index is 13.2. The first-order valence-corrected chi connectivity index (χ1v) is 12.8. The van der Waals surface area contributed by atoms with E-state index in [0.717, 1.165) is 11.1 Å². The number of halogens is 1. The number of amides is 1. The predicted octanol–water partition coefficient (Wildman–Crippen LogP) is 4.52. The first-order valence-electron chi connectivity index (χ1n) is 11.0. The van der Waals surface area contributed by atoms with Crippen LogP contribution in [0.2, 0.25) is 5.02 Å². The van der Waals surface area contributed by atoms with E-state index in [0.29, 0.717) is 23.4 Å². The van der Waals surface area contributed by atoms with Crippen LogP contribution in [0.1, 0.15) is 35.6 Å². The van der Waals surface area contributed by atoms with Gasteiger partial charge in [-0.05, 0) is 60.4 Å². The lowest BCUT2D eigenvalue weighted by atomic mass is 9.94. The van der Waals surface area contributed by atoms with Crippen LogP contribution < -0.4 is 5.32 Å². The summed E-state index contributed by atoms with van der Waals surface area (Å²) >= 11 is 6.04. The van der Waals surface area contributed by atoms with Gasteiger partial charge in [-0.15, -0.1) is 0 Å². The Bertz CT molecular complexity index is 1280. The van der Waals surface area contributed by atoms with E-state index < -0.39 is 10.0 Å². The summed E-state index contributed by atoms with van der Waals surface area (Å²) in [7, 11) is -3.67. The summed E-state index contributed by atoms with van der Waals surface area (Å²) in [5.74, 6) is -0.384. The van der Waals surface area contributed by atoms with Gasteiger partial charge in [0.2, 0.25) is 15.9 Å². The zero-order valence-corrected chi connectivity index (χ0v) is 20.0. The van der Waals surface area contributed by atoms with Crippen molar-refractivity contribution in [1.82, 2.24) is 9.62 Å². The van der Waals surface area contributed by atoms with E-state index in [1.54, 1.807) is 12.1 Å². The number of benzene rings is 3. The monoisotopic (exact) mass is 493 g/mol. The Morgan fingerprint density at radius 1 is 0.941 bits per heavy atom. The number of rotatable bonds is 6. The SMILES string of the molecule is N#Cc1ccc(S(=O)(=O)N2CCC(C(=O)NC(c3ccccc3)c3ccc(Cl)cc3)CC2)cc1. The maximum Gasteiger partial charge on any atom is 0.243 e. The van der Waals surface area contributed by atoms with Crippen LogP contribution in [0.4, 0.5) is 0 Å². The van der Waals surface area contributed by atoms with Crippen molar-refractivity contribution >= 4 is 27.5 Å². The number of nitriles is 1. The fourth-order valence-electron chi connectivity index (χ4n) is 4.13. The molecule has 1 saturated heterocycles. The summed E-state index contributed by atoms with van der Waals surface area (Å²) < 4.78 is 27.3. The third kappa shape index (κ3) is 5.31. The van der Waals surface area contributed by atoms with Gasteiger partial charge in [0.15, 0.2) is 0 Å². The molecule has 1 N–H and O–H groups in total. The van der Waals surface area contributed by atoms with E-state index in [9.17, 15) is 13.2 Å².